The van der Waals surface area contributed by atoms with Gasteiger partial charge in [-0.2, -0.15) is 0 Å². The van der Waals surface area contributed by atoms with E-state index in [1.54, 1.807) is 20.8 Å². The van der Waals surface area contributed by atoms with Crippen molar-refractivity contribution < 1.29 is 19.7 Å². The van der Waals surface area contributed by atoms with Gasteiger partial charge >= 0.3 is 5.97 Å². The van der Waals surface area contributed by atoms with Crippen LogP contribution in [0.15, 0.2) is 0 Å². The summed E-state index contributed by atoms with van der Waals surface area (Å²) in [6, 6.07) is 0. The van der Waals surface area contributed by atoms with Gasteiger partial charge in [0.25, 0.3) is 0 Å². The maximum absolute atomic E-state index is 10.1. The van der Waals surface area contributed by atoms with Gasteiger partial charge in [0.1, 0.15) is 0 Å². The molecule has 1 unspecified atom stereocenters. The van der Waals surface area contributed by atoms with E-state index in [0.717, 1.165) is 0 Å². The zero-order valence-electron chi connectivity index (χ0n) is 7.70. The number of carbonyl (C=O) groups is 1. The van der Waals surface area contributed by atoms with Gasteiger partial charge < -0.3 is 14.9 Å². The third-order valence-corrected chi connectivity index (χ3v) is 1.09. The van der Waals surface area contributed by atoms with E-state index in [9.17, 15) is 4.79 Å². The van der Waals surface area contributed by atoms with Crippen molar-refractivity contribution in [1.82, 2.24) is 0 Å². The lowest BCUT2D eigenvalue weighted by molar-refractivity contribution is -0.172. The van der Waals surface area contributed by atoms with Crippen LogP contribution >= 0.6 is 0 Å². The Hall–Kier alpha value is -0.610. The van der Waals surface area contributed by atoms with E-state index in [0.29, 0.717) is 0 Å². The van der Waals surface area contributed by atoms with Crippen molar-refractivity contribution in [2.24, 2.45) is 0 Å². The standard InChI is InChI=1S/C8H16O4/c1-8(2,3)12-7(11)5-4-6(9)10/h7,11H,4-5H2,1-3H3,(H,9,10). The normalized spacial score (nSPS) is 14.3. The number of aliphatic carboxylic acids is 1. The number of hydrogen-bond acceptors (Lipinski definition) is 3. The van der Waals surface area contributed by atoms with Crippen LogP contribution in [-0.2, 0) is 9.53 Å². The van der Waals surface area contributed by atoms with Gasteiger partial charge in [0.05, 0.1) is 12.0 Å². The molecule has 0 aliphatic carbocycles. The minimum Gasteiger partial charge on any atom is -0.481 e. The van der Waals surface area contributed by atoms with Crippen molar-refractivity contribution in [2.75, 3.05) is 0 Å². The van der Waals surface area contributed by atoms with Gasteiger partial charge in [-0.15, -0.1) is 0 Å². The number of hydrogen-bond donors (Lipinski definition) is 2. The number of carboxylic acids is 1. The molecule has 0 fully saturated rings. The summed E-state index contributed by atoms with van der Waals surface area (Å²) >= 11 is 0. The highest BCUT2D eigenvalue weighted by molar-refractivity contribution is 5.66. The average Bonchev–Trinajstić information content (AvgIpc) is 1.79. The Morgan fingerprint density at radius 2 is 2.00 bits per heavy atom. The molecule has 1 atom stereocenters. The van der Waals surface area contributed by atoms with Crippen LogP contribution < -0.4 is 0 Å². The van der Waals surface area contributed by atoms with Gasteiger partial charge in [-0.1, -0.05) is 0 Å². The Morgan fingerprint density at radius 3 is 2.33 bits per heavy atom. The highest BCUT2D eigenvalue weighted by Crippen LogP contribution is 2.12. The summed E-state index contributed by atoms with van der Waals surface area (Å²) in [4.78, 5) is 10.1. The van der Waals surface area contributed by atoms with Gasteiger partial charge in [-0.3, -0.25) is 4.79 Å². The fourth-order valence-corrected chi connectivity index (χ4v) is 0.714. The summed E-state index contributed by atoms with van der Waals surface area (Å²) < 4.78 is 5.08. The zero-order chi connectivity index (χ0) is 9.78. The molecule has 2 N–H and O–H groups in total. The Morgan fingerprint density at radius 1 is 1.50 bits per heavy atom. The second kappa shape index (κ2) is 4.42. The summed E-state index contributed by atoms with van der Waals surface area (Å²) in [7, 11) is 0. The maximum atomic E-state index is 10.1. The smallest absolute Gasteiger partial charge is 0.303 e. The molecule has 4 nitrogen and oxygen atoms in total. The molecule has 0 bridgehead atoms. The van der Waals surface area contributed by atoms with Crippen LogP contribution in [0.1, 0.15) is 33.6 Å². The predicted octanol–water partition coefficient (Wildman–Crippen LogP) is 0.985. The van der Waals surface area contributed by atoms with Crippen molar-refractivity contribution in [3.8, 4) is 0 Å². The summed E-state index contributed by atoms with van der Waals surface area (Å²) in [5.41, 5.74) is -0.433. The summed E-state index contributed by atoms with van der Waals surface area (Å²) in [6.07, 6.45) is -0.926. The van der Waals surface area contributed by atoms with E-state index in [-0.39, 0.29) is 12.8 Å². The minimum atomic E-state index is -0.985. The Balaban J connectivity index is 3.60. The average molecular weight is 176 g/mol. The lowest BCUT2D eigenvalue weighted by atomic mass is 10.2. The quantitative estimate of drug-likeness (QED) is 0.627. The van der Waals surface area contributed by atoms with Crippen LogP contribution in [0.2, 0.25) is 0 Å². The lowest BCUT2D eigenvalue weighted by Gasteiger charge is -2.23. The molecule has 0 spiro atoms. The number of rotatable bonds is 4. The summed E-state index contributed by atoms with van der Waals surface area (Å²) in [6.45, 7) is 5.41. The summed E-state index contributed by atoms with van der Waals surface area (Å²) in [5.74, 6) is -0.924. The molecule has 4 heteroatoms. The Labute approximate surface area is 72.2 Å². The van der Waals surface area contributed by atoms with Gasteiger partial charge in [-0.25, -0.2) is 0 Å². The molecule has 0 aromatic heterocycles. The SMILES string of the molecule is CC(C)(C)OC(O)CCC(=O)O. The molecule has 0 aromatic carbocycles. The van der Waals surface area contributed by atoms with Gasteiger partial charge in [0, 0.05) is 6.42 Å². The van der Waals surface area contributed by atoms with Gasteiger partial charge in [-0.05, 0) is 20.8 Å². The topological polar surface area (TPSA) is 66.8 Å². The Kier molecular flexibility index (Phi) is 4.20. The predicted molar refractivity (Wildman–Crippen MR) is 43.7 cm³/mol. The molecule has 0 heterocycles. The second-order valence-electron chi connectivity index (χ2n) is 3.62. The first-order chi connectivity index (χ1) is 5.31. The highest BCUT2D eigenvalue weighted by atomic mass is 16.6. The van der Waals surface area contributed by atoms with Crippen LogP contribution in [-0.4, -0.2) is 28.1 Å². The van der Waals surface area contributed by atoms with Crippen LogP contribution in [0.3, 0.4) is 0 Å². The molecule has 72 valence electrons. The third kappa shape index (κ3) is 7.50. The van der Waals surface area contributed by atoms with Crippen molar-refractivity contribution in [1.29, 1.82) is 0 Å². The van der Waals surface area contributed by atoms with Crippen LogP contribution in [0.25, 0.3) is 0 Å². The van der Waals surface area contributed by atoms with E-state index >= 15 is 0 Å². The minimum absolute atomic E-state index is 0.0722. The third-order valence-electron chi connectivity index (χ3n) is 1.09. The van der Waals surface area contributed by atoms with E-state index in [2.05, 4.69) is 0 Å². The molecule has 12 heavy (non-hydrogen) atoms. The fraction of sp³-hybridized carbons (Fsp3) is 0.875. The van der Waals surface area contributed by atoms with E-state index in [1.807, 2.05) is 0 Å². The molecule has 0 amide bonds. The largest absolute Gasteiger partial charge is 0.481 e. The molecule has 0 aromatic rings. The van der Waals surface area contributed by atoms with Gasteiger partial charge in [0.15, 0.2) is 6.29 Å². The first-order valence-corrected chi connectivity index (χ1v) is 3.89. The van der Waals surface area contributed by atoms with Crippen LogP contribution in [0, 0.1) is 0 Å². The molecular formula is C8H16O4. The number of carboxylic acid groups (broad SMARTS) is 1. The van der Waals surface area contributed by atoms with Gasteiger partial charge in [0.2, 0.25) is 0 Å². The van der Waals surface area contributed by atoms with E-state index < -0.39 is 17.9 Å². The van der Waals surface area contributed by atoms with Crippen LogP contribution in [0.5, 0.6) is 0 Å². The molecule has 0 aliphatic rings. The second-order valence-corrected chi connectivity index (χ2v) is 3.62. The first kappa shape index (κ1) is 11.4. The fourth-order valence-electron chi connectivity index (χ4n) is 0.714. The van der Waals surface area contributed by atoms with Crippen molar-refractivity contribution in [2.45, 2.75) is 45.5 Å². The van der Waals surface area contributed by atoms with Crippen molar-refractivity contribution in [3.63, 3.8) is 0 Å². The zero-order valence-corrected chi connectivity index (χ0v) is 7.70. The molecule has 0 saturated heterocycles. The monoisotopic (exact) mass is 176 g/mol. The maximum Gasteiger partial charge on any atom is 0.303 e. The van der Waals surface area contributed by atoms with Crippen molar-refractivity contribution in [3.05, 3.63) is 0 Å². The molecule has 0 aliphatic heterocycles. The van der Waals surface area contributed by atoms with E-state index in [4.69, 9.17) is 14.9 Å². The molecule has 0 saturated carbocycles. The number of aliphatic hydroxyl groups excluding tert-OH is 1. The van der Waals surface area contributed by atoms with Crippen molar-refractivity contribution >= 4 is 5.97 Å². The number of aliphatic hydroxyl groups is 1. The first-order valence-electron chi connectivity index (χ1n) is 3.89. The van der Waals surface area contributed by atoms with Crippen LogP contribution in [0.4, 0.5) is 0 Å². The highest BCUT2D eigenvalue weighted by Gasteiger charge is 2.16. The lowest BCUT2D eigenvalue weighted by Crippen LogP contribution is -2.27. The summed E-state index contributed by atoms with van der Waals surface area (Å²) in [5, 5.41) is 17.4. The molecule has 0 rings (SSSR count). The molecular weight excluding hydrogens is 160 g/mol. The number of ether oxygens (including phenoxy) is 1. The molecule has 0 radical (unpaired) electrons. The Bertz CT molecular complexity index is 148. The van der Waals surface area contributed by atoms with E-state index in [1.165, 1.54) is 0 Å².